The number of nitrogens with two attached hydrogens (primary N) is 1. The van der Waals surface area contributed by atoms with Gasteiger partial charge in [0.2, 0.25) is 0 Å². The summed E-state index contributed by atoms with van der Waals surface area (Å²) >= 11 is 0. The van der Waals surface area contributed by atoms with Gasteiger partial charge in [0, 0.05) is 42.6 Å². The van der Waals surface area contributed by atoms with Crippen LogP contribution in [0.4, 0.5) is 23.0 Å². The van der Waals surface area contributed by atoms with Crippen LogP contribution in [0, 0.1) is 33.1 Å². The number of aryl methyl sites for hydroxylation is 4. The lowest BCUT2D eigenvalue weighted by Gasteiger charge is -2.42. The molecule has 0 aromatic carbocycles. The molecule has 5 heterocycles. The third-order valence-corrected chi connectivity index (χ3v) is 8.22. The summed E-state index contributed by atoms with van der Waals surface area (Å²) in [7, 11) is 0. The number of aliphatic imine (C=N–C) groups is 2. The molecular formula is C31H41N11O4. The second-order valence-corrected chi connectivity index (χ2v) is 11.0. The summed E-state index contributed by atoms with van der Waals surface area (Å²) in [6.45, 7) is 6.98. The van der Waals surface area contributed by atoms with Gasteiger partial charge in [0.15, 0.2) is 11.6 Å². The first-order valence-corrected chi connectivity index (χ1v) is 15.0. The Morgan fingerprint density at radius 3 is 1.70 bits per heavy atom. The summed E-state index contributed by atoms with van der Waals surface area (Å²) < 4.78 is 3.53. The largest absolute Gasteiger partial charge is 0.399 e. The van der Waals surface area contributed by atoms with E-state index in [1.165, 1.54) is 12.4 Å². The van der Waals surface area contributed by atoms with E-state index in [0.29, 0.717) is 39.7 Å². The Kier molecular flexibility index (Phi) is 9.79. The summed E-state index contributed by atoms with van der Waals surface area (Å²) in [5.41, 5.74) is 13.2. The molecule has 2 atom stereocenters. The van der Waals surface area contributed by atoms with E-state index >= 15 is 0 Å². The molecule has 0 radical (unpaired) electrons. The van der Waals surface area contributed by atoms with Crippen LogP contribution in [0.15, 0.2) is 46.0 Å². The molecule has 0 bridgehead atoms. The summed E-state index contributed by atoms with van der Waals surface area (Å²) in [6.07, 6.45) is 2.68. The molecule has 0 saturated heterocycles. The van der Waals surface area contributed by atoms with E-state index in [-0.39, 0.29) is 45.2 Å². The third-order valence-electron chi connectivity index (χ3n) is 8.22. The average molecular weight is 632 g/mol. The number of aromatic nitrogens is 4. The van der Waals surface area contributed by atoms with Crippen LogP contribution in [-0.2, 0) is 0 Å². The number of anilines is 2. The fourth-order valence-electron chi connectivity index (χ4n) is 5.64. The normalized spacial score (nSPS) is 17.2. The molecular weight excluding hydrogens is 590 g/mol. The first kappa shape index (κ1) is 32.7. The molecule has 4 aromatic heterocycles. The number of nitrogens with one attached hydrogen (secondary N) is 2. The summed E-state index contributed by atoms with van der Waals surface area (Å²) in [4.78, 5) is 12.6. The van der Waals surface area contributed by atoms with Gasteiger partial charge in [-0.1, -0.05) is 12.1 Å². The van der Waals surface area contributed by atoms with E-state index in [1.54, 1.807) is 24.9 Å². The van der Waals surface area contributed by atoms with Crippen LogP contribution >= 0.6 is 0 Å². The summed E-state index contributed by atoms with van der Waals surface area (Å²) in [5.74, 6) is 0.803. The predicted octanol–water partition coefficient (Wildman–Crippen LogP) is 1.02. The van der Waals surface area contributed by atoms with Crippen LogP contribution in [-0.4, -0.2) is 110 Å². The molecule has 46 heavy (non-hydrogen) atoms. The zero-order chi connectivity index (χ0) is 33.1. The van der Waals surface area contributed by atoms with Crippen molar-refractivity contribution in [1.82, 2.24) is 24.5 Å². The van der Waals surface area contributed by atoms with Gasteiger partial charge in [-0.05, 0) is 57.0 Å². The van der Waals surface area contributed by atoms with Crippen LogP contribution in [0.25, 0.3) is 11.0 Å². The molecule has 2 unspecified atom stereocenters. The monoisotopic (exact) mass is 631 g/mol. The van der Waals surface area contributed by atoms with E-state index in [4.69, 9.17) is 21.3 Å². The van der Waals surface area contributed by atoms with Crippen LogP contribution in [0.3, 0.4) is 0 Å². The predicted molar refractivity (Wildman–Crippen MR) is 179 cm³/mol. The van der Waals surface area contributed by atoms with E-state index < -0.39 is 12.3 Å². The van der Waals surface area contributed by atoms with E-state index in [0.717, 1.165) is 22.5 Å². The van der Waals surface area contributed by atoms with E-state index in [9.17, 15) is 20.4 Å². The quantitative estimate of drug-likeness (QED) is 0.110. The molecule has 4 aromatic rings. The van der Waals surface area contributed by atoms with Crippen LogP contribution in [0.2, 0.25) is 0 Å². The minimum Gasteiger partial charge on any atom is -0.399 e. The van der Waals surface area contributed by atoms with E-state index in [1.807, 2.05) is 52.0 Å². The fraction of sp³-hybridized carbons (Fsp3) is 0.387. The molecule has 0 saturated carbocycles. The van der Waals surface area contributed by atoms with Gasteiger partial charge in [0.05, 0.1) is 43.2 Å². The topological polar surface area (TPSA) is 209 Å². The number of rotatable bonds is 12. The lowest BCUT2D eigenvalue weighted by Crippen LogP contribution is -2.63. The van der Waals surface area contributed by atoms with Crippen molar-refractivity contribution in [3.05, 3.63) is 58.6 Å². The number of hydrogen-bond donors (Lipinski definition) is 7. The molecule has 0 amide bonds. The Bertz CT molecular complexity index is 1840. The number of pyridine rings is 2. The van der Waals surface area contributed by atoms with Crippen molar-refractivity contribution in [1.29, 1.82) is 5.41 Å². The highest BCUT2D eigenvalue weighted by atomic mass is 16.3. The number of hydrogen-bond acceptors (Lipinski definition) is 13. The third kappa shape index (κ3) is 5.86. The molecule has 15 heteroatoms. The average Bonchev–Trinajstić information content (AvgIpc) is 3.59. The minimum atomic E-state index is -0.842. The lowest BCUT2D eigenvalue weighted by atomic mass is 10.1. The number of fused-ring (bicyclic) bond motifs is 2. The van der Waals surface area contributed by atoms with Gasteiger partial charge in [0.1, 0.15) is 23.7 Å². The summed E-state index contributed by atoms with van der Waals surface area (Å²) in [6, 6.07) is 7.73. The van der Waals surface area contributed by atoms with Gasteiger partial charge in [-0.25, -0.2) is 9.03 Å². The maximum Gasteiger partial charge on any atom is 0.179 e. The highest BCUT2D eigenvalue weighted by Crippen LogP contribution is 2.37. The van der Waals surface area contributed by atoms with Crippen molar-refractivity contribution >= 4 is 52.2 Å². The molecule has 1 aliphatic heterocycles. The molecule has 15 nitrogen and oxygen atoms in total. The summed E-state index contributed by atoms with van der Waals surface area (Å²) in [5, 5.41) is 61.7. The van der Waals surface area contributed by atoms with Crippen molar-refractivity contribution in [2.24, 2.45) is 15.7 Å². The highest BCUT2D eigenvalue weighted by molar-refractivity contribution is 6.01. The first-order chi connectivity index (χ1) is 22.2. The fourth-order valence-corrected chi connectivity index (χ4v) is 5.64. The Morgan fingerprint density at radius 2 is 1.26 bits per heavy atom. The first-order valence-electron chi connectivity index (χ1n) is 15.0. The smallest absolute Gasteiger partial charge is 0.179 e. The number of aliphatic hydroxyl groups is 4. The van der Waals surface area contributed by atoms with Gasteiger partial charge < -0.3 is 41.4 Å². The molecule has 0 spiro atoms. The molecule has 1 aliphatic rings. The minimum absolute atomic E-state index is 0.0863. The van der Waals surface area contributed by atoms with Gasteiger partial charge in [-0.2, -0.15) is 0 Å². The van der Waals surface area contributed by atoms with Crippen molar-refractivity contribution in [2.45, 2.75) is 40.0 Å². The number of nitrogens with zero attached hydrogens (tertiary/aromatic N) is 8. The molecule has 0 fully saturated rings. The molecule has 244 valence electrons. The van der Waals surface area contributed by atoms with Crippen LogP contribution in [0.5, 0.6) is 0 Å². The van der Waals surface area contributed by atoms with Crippen molar-refractivity contribution in [3.8, 4) is 0 Å². The second-order valence-electron chi connectivity index (χ2n) is 11.0. The maximum atomic E-state index is 10.2. The maximum absolute atomic E-state index is 10.2. The zero-order valence-electron chi connectivity index (χ0n) is 26.4. The molecule has 8 N–H and O–H groups in total. The highest BCUT2D eigenvalue weighted by Gasteiger charge is 2.37. The van der Waals surface area contributed by atoms with Gasteiger partial charge in [0.25, 0.3) is 0 Å². The lowest BCUT2D eigenvalue weighted by molar-refractivity contribution is 0.288. The zero-order valence-corrected chi connectivity index (χ0v) is 26.4. The van der Waals surface area contributed by atoms with Crippen molar-refractivity contribution in [3.63, 3.8) is 0 Å². The standard InChI is InChI=1S/C31H41N11O4/c1-18-5-7-24-26(34-9-13-43)30(37-41(24)20(18)3)39(11-15-45)28-22(32)17-23(33)29(36-28)40(12-16-46)31-27(35-10-14-44)25-8-6-19(2)21(4)42(25)38-31/h5-10,17,28-29,32,36,43-46H,11-16,33H2,1-4H3. The Balaban J connectivity index is 1.65. The van der Waals surface area contributed by atoms with Crippen molar-refractivity contribution in [2.75, 3.05) is 49.3 Å². The van der Waals surface area contributed by atoms with Gasteiger partial charge in [-0.3, -0.25) is 15.3 Å². The van der Waals surface area contributed by atoms with Crippen LogP contribution in [0.1, 0.15) is 22.5 Å². The van der Waals surface area contributed by atoms with Crippen molar-refractivity contribution < 1.29 is 20.4 Å². The Labute approximate surface area is 266 Å². The molecule has 0 aliphatic carbocycles. The molecule has 5 rings (SSSR count). The van der Waals surface area contributed by atoms with Gasteiger partial charge >= 0.3 is 0 Å². The SMILES string of the molecule is Cc1ccc2c(N=CCO)c(N(CCO)C3NC(N(CCO)c4nn5c(C)c(C)ccc5c4N=CCO)C(N)=CC3=N)nn2c1C. The Morgan fingerprint density at radius 1 is 0.804 bits per heavy atom. The van der Waals surface area contributed by atoms with Crippen LogP contribution < -0.4 is 20.9 Å². The van der Waals surface area contributed by atoms with Gasteiger partial charge in [-0.15, -0.1) is 10.2 Å². The second kappa shape index (κ2) is 13.8. The Hall–Kier alpha value is -4.67. The number of aliphatic hydroxyl groups excluding tert-OH is 4. The van der Waals surface area contributed by atoms with E-state index in [2.05, 4.69) is 15.3 Å².